The third kappa shape index (κ3) is 3.03. The van der Waals surface area contributed by atoms with Crippen LogP contribution in [0.5, 0.6) is 0 Å². The van der Waals surface area contributed by atoms with Crippen molar-refractivity contribution >= 4 is 39.9 Å². The molecule has 0 atom stereocenters. The fourth-order valence-electron chi connectivity index (χ4n) is 3.21. The van der Waals surface area contributed by atoms with Gasteiger partial charge in [0.25, 0.3) is 5.56 Å². The largest absolute Gasteiger partial charge is 0.323 e. The number of amides is 1. The number of hydrogen-bond donors (Lipinski definition) is 1. The highest BCUT2D eigenvalue weighted by molar-refractivity contribution is 6.33. The van der Waals surface area contributed by atoms with Gasteiger partial charge in [0.1, 0.15) is 12.4 Å². The summed E-state index contributed by atoms with van der Waals surface area (Å²) in [5.74, 6) is 0.446. The lowest BCUT2D eigenvalue weighted by atomic mass is 10.2. The first-order valence-electron chi connectivity index (χ1n) is 8.88. The number of halogens is 1. The Labute approximate surface area is 165 Å². The maximum absolute atomic E-state index is 13.1. The topological polar surface area (TPSA) is 81.3 Å². The molecule has 2 aromatic carbocycles. The minimum Gasteiger partial charge on any atom is -0.323 e. The van der Waals surface area contributed by atoms with Crippen LogP contribution in [0.2, 0.25) is 5.02 Å². The van der Waals surface area contributed by atoms with Gasteiger partial charge in [-0.25, -0.2) is 0 Å². The highest BCUT2D eigenvalue weighted by Gasteiger charge is 2.19. The van der Waals surface area contributed by atoms with E-state index in [0.717, 1.165) is 5.52 Å². The van der Waals surface area contributed by atoms with E-state index < -0.39 is 0 Å². The molecule has 2 heterocycles. The summed E-state index contributed by atoms with van der Waals surface area (Å²) in [6.07, 6.45) is 0. The molecular weight excluding hydrogens is 378 g/mol. The number of nitrogens with one attached hydrogen (secondary N) is 1. The van der Waals surface area contributed by atoms with Gasteiger partial charge in [-0.15, -0.1) is 10.2 Å². The van der Waals surface area contributed by atoms with Crippen LogP contribution < -0.4 is 10.9 Å². The van der Waals surface area contributed by atoms with E-state index >= 15 is 0 Å². The van der Waals surface area contributed by atoms with E-state index in [2.05, 4.69) is 15.5 Å². The Morgan fingerprint density at radius 3 is 2.46 bits per heavy atom. The predicted molar refractivity (Wildman–Crippen MR) is 109 cm³/mol. The van der Waals surface area contributed by atoms with Crippen LogP contribution in [0.25, 0.3) is 16.7 Å². The lowest BCUT2D eigenvalue weighted by Crippen LogP contribution is -2.29. The average molecular weight is 396 g/mol. The van der Waals surface area contributed by atoms with E-state index in [1.165, 1.54) is 4.57 Å². The van der Waals surface area contributed by atoms with Crippen molar-refractivity contribution in [2.24, 2.45) is 0 Å². The Morgan fingerprint density at radius 1 is 1.07 bits per heavy atom. The number of benzene rings is 2. The fourth-order valence-corrected chi connectivity index (χ4v) is 3.39. The Hall–Kier alpha value is -3.19. The number of anilines is 1. The first-order chi connectivity index (χ1) is 13.5. The second-order valence-electron chi connectivity index (χ2n) is 6.78. The van der Waals surface area contributed by atoms with Crippen molar-refractivity contribution in [2.45, 2.75) is 26.3 Å². The zero-order chi connectivity index (χ0) is 19.8. The van der Waals surface area contributed by atoms with Crippen LogP contribution in [-0.2, 0) is 11.3 Å². The molecule has 1 N–H and O–H groups in total. The molecule has 0 fully saturated rings. The van der Waals surface area contributed by atoms with Crippen molar-refractivity contribution in [3.63, 3.8) is 0 Å². The predicted octanol–water partition coefficient (Wildman–Crippen LogP) is 3.46. The van der Waals surface area contributed by atoms with Crippen molar-refractivity contribution in [1.29, 1.82) is 0 Å². The summed E-state index contributed by atoms with van der Waals surface area (Å²) in [7, 11) is 0. The zero-order valence-electron chi connectivity index (χ0n) is 15.4. The van der Waals surface area contributed by atoms with Crippen LogP contribution >= 0.6 is 11.6 Å². The summed E-state index contributed by atoms with van der Waals surface area (Å²) >= 11 is 6.10. The molecule has 4 aromatic rings. The van der Waals surface area contributed by atoms with Gasteiger partial charge in [0.15, 0.2) is 0 Å². The van der Waals surface area contributed by atoms with Gasteiger partial charge >= 0.3 is 0 Å². The molecule has 0 unspecified atom stereocenters. The van der Waals surface area contributed by atoms with Crippen molar-refractivity contribution < 1.29 is 4.79 Å². The van der Waals surface area contributed by atoms with Crippen LogP contribution in [0.15, 0.2) is 53.3 Å². The Kier molecular flexibility index (Phi) is 4.60. The standard InChI is InChI=1S/C20H18ClN5O2/c1-12(2)18-23-24-19-20(28)25(15-9-5-6-10-16(15)26(18)19)11-17(27)22-14-8-4-3-7-13(14)21/h3-10,12H,11H2,1-2H3,(H,22,27). The highest BCUT2D eigenvalue weighted by atomic mass is 35.5. The number of nitrogens with zero attached hydrogens (tertiary/aromatic N) is 4. The maximum atomic E-state index is 13.1. The number of carbonyl (C=O) groups excluding carboxylic acids is 1. The summed E-state index contributed by atoms with van der Waals surface area (Å²) in [4.78, 5) is 25.7. The molecular formula is C20H18ClN5O2. The van der Waals surface area contributed by atoms with Gasteiger partial charge in [-0.1, -0.05) is 49.7 Å². The second-order valence-corrected chi connectivity index (χ2v) is 7.19. The van der Waals surface area contributed by atoms with E-state index in [4.69, 9.17) is 11.6 Å². The van der Waals surface area contributed by atoms with Gasteiger partial charge in [-0.05, 0) is 24.3 Å². The van der Waals surface area contributed by atoms with E-state index in [-0.39, 0.29) is 29.6 Å². The van der Waals surface area contributed by atoms with Gasteiger partial charge in [0.2, 0.25) is 11.6 Å². The molecule has 0 spiro atoms. The molecule has 0 bridgehead atoms. The van der Waals surface area contributed by atoms with Crippen LogP contribution in [0.3, 0.4) is 0 Å². The average Bonchev–Trinajstić information content (AvgIpc) is 3.13. The van der Waals surface area contributed by atoms with E-state index in [1.807, 2.05) is 38.1 Å². The number of carbonyl (C=O) groups is 1. The summed E-state index contributed by atoms with van der Waals surface area (Å²) in [5.41, 5.74) is 1.74. The van der Waals surface area contributed by atoms with Crippen molar-refractivity contribution in [2.75, 3.05) is 5.32 Å². The minimum absolute atomic E-state index is 0.0946. The molecule has 8 heteroatoms. The number of para-hydroxylation sites is 3. The van der Waals surface area contributed by atoms with Crippen molar-refractivity contribution in [1.82, 2.24) is 19.2 Å². The van der Waals surface area contributed by atoms with Crippen LogP contribution in [0, 0.1) is 0 Å². The monoisotopic (exact) mass is 395 g/mol. The maximum Gasteiger partial charge on any atom is 0.297 e. The summed E-state index contributed by atoms with van der Waals surface area (Å²) in [5, 5.41) is 11.5. The fraction of sp³-hybridized carbons (Fsp3) is 0.200. The quantitative estimate of drug-likeness (QED) is 0.573. The van der Waals surface area contributed by atoms with Gasteiger partial charge in [0.05, 0.1) is 21.7 Å². The number of aromatic nitrogens is 4. The molecule has 0 radical (unpaired) electrons. The van der Waals surface area contributed by atoms with Crippen molar-refractivity contribution in [3.05, 3.63) is 69.7 Å². The number of fused-ring (bicyclic) bond motifs is 3. The molecule has 0 saturated heterocycles. The molecule has 1 amide bonds. The second kappa shape index (κ2) is 7.09. The van der Waals surface area contributed by atoms with Crippen LogP contribution in [0.4, 0.5) is 5.69 Å². The number of rotatable bonds is 4. The Morgan fingerprint density at radius 2 is 1.75 bits per heavy atom. The molecule has 0 aliphatic carbocycles. The molecule has 0 aliphatic rings. The number of hydrogen-bond acceptors (Lipinski definition) is 4. The van der Waals surface area contributed by atoms with Gasteiger partial charge in [-0.2, -0.15) is 0 Å². The third-order valence-corrected chi connectivity index (χ3v) is 4.83. The molecule has 7 nitrogen and oxygen atoms in total. The summed E-state index contributed by atoms with van der Waals surface area (Å²) in [6, 6.07) is 14.4. The Balaban J connectivity index is 1.83. The van der Waals surface area contributed by atoms with E-state index in [9.17, 15) is 9.59 Å². The van der Waals surface area contributed by atoms with Gasteiger partial charge in [-0.3, -0.25) is 18.6 Å². The molecule has 28 heavy (non-hydrogen) atoms. The lowest BCUT2D eigenvalue weighted by molar-refractivity contribution is -0.116. The molecule has 142 valence electrons. The minimum atomic E-state index is -0.368. The zero-order valence-corrected chi connectivity index (χ0v) is 16.1. The SMILES string of the molecule is CC(C)c1nnc2c(=O)n(CC(=O)Nc3ccccc3Cl)c3ccccc3n12. The lowest BCUT2D eigenvalue weighted by Gasteiger charge is -2.13. The summed E-state index contributed by atoms with van der Waals surface area (Å²) < 4.78 is 3.18. The van der Waals surface area contributed by atoms with Crippen molar-refractivity contribution in [3.8, 4) is 0 Å². The Bertz CT molecular complexity index is 1260. The highest BCUT2D eigenvalue weighted by Crippen LogP contribution is 2.21. The van der Waals surface area contributed by atoms with Gasteiger partial charge in [0, 0.05) is 5.92 Å². The van der Waals surface area contributed by atoms with E-state index in [0.29, 0.717) is 22.1 Å². The normalized spacial score (nSPS) is 11.4. The van der Waals surface area contributed by atoms with Crippen LogP contribution in [0.1, 0.15) is 25.6 Å². The van der Waals surface area contributed by atoms with Gasteiger partial charge < -0.3 is 5.32 Å². The molecule has 2 aromatic heterocycles. The smallest absolute Gasteiger partial charge is 0.297 e. The van der Waals surface area contributed by atoms with E-state index in [1.54, 1.807) is 28.7 Å². The molecule has 0 aliphatic heterocycles. The summed E-state index contributed by atoms with van der Waals surface area (Å²) in [6.45, 7) is 3.83. The van der Waals surface area contributed by atoms with Crippen LogP contribution in [-0.4, -0.2) is 25.1 Å². The third-order valence-electron chi connectivity index (χ3n) is 4.50. The molecule has 0 saturated carbocycles. The first-order valence-corrected chi connectivity index (χ1v) is 9.26. The molecule has 4 rings (SSSR count). The first kappa shape index (κ1) is 18.2.